The van der Waals surface area contributed by atoms with Gasteiger partial charge in [-0.1, -0.05) is 36.4 Å². The summed E-state index contributed by atoms with van der Waals surface area (Å²) < 4.78 is 11.5. The van der Waals surface area contributed by atoms with Crippen molar-refractivity contribution in [1.82, 2.24) is 5.32 Å². The van der Waals surface area contributed by atoms with Crippen LogP contribution in [0.2, 0.25) is 0 Å². The lowest BCUT2D eigenvalue weighted by Crippen LogP contribution is -2.54. The van der Waals surface area contributed by atoms with Crippen molar-refractivity contribution in [3.63, 3.8) is 0 Å². The van der Waals surface area contributed by atoms with E-state index in [0.717, 1.165) is 0 Å². The Morgan fingerprint density at radius 3 is 2.50 bits per heavy atom. The molecule has 4 rings (SSSR count). The summed E-state index contributed by atoms with van der Waals surface area (Å²) in [5.41, 5.74) is 1.60. The van der Waals surface area contributed by atoms with Crippen molar-refractivity contribution in [2.45, 2.75) is 13.5 Å². The Labute approximate surface area is 212 Å². The number of carbonyl (C=O) groups excluding carboxylic acids is 2. The van der Waals surface area contributed by atoms with Gasteiger partial charge in [0.1, 0.15) is 12.2 Å². The summed E-state index contributed by atoms with van der Waals surface area (Å²) in [6, 6.07) is 19.9. The quantitative estimate of drug-likeness (QED) is 0.159. The summed E-state index contributed by atoms with van der Waals surface area (Å²) in [5, 5.41) is 13.6. The van der Waals surface area contributed by atoms with Gasteiger partial charge < -0.3 is 9.47 Å². The zero-order valence-electron chi connectivity index (χ0n) is 19.2. The van der Waals surface area contributed by atoms with Crippen molar-refractivity contribution in [2.75, 3.05) is 11.5 Å². The summed E-state index contributed by atoms with van der Waals surface area (Å²) in [4.78, 5) is 37.6. The van der Waals surface area contributed by atoms with Crippen LogP contribution in [0.15, 0.2) is 78.4 Å². The fraction of sp³-hybridized carbons (Fsp3) is 0.115. The molecule has 1 N–H and O–H groups in total. The van der Waals surface area contributed by atoms with E-state index in [-0.39, 0.29) is 23.0 Å². The summed E-state index contributed by atoms with van der Waals surface area (Å²) in [7, 11) is 0. The molecule has 2 amide bonds. The van der Waals surface area contributed by atoms with Crippen LogP contribution in [-0.2, 0) is 16.2 Å². The number of hydrogen-bond acceptors (Lipinski definition) is 7. The Kier molecular flexibility index (Phi) is 7.36. The normalized spacial score (nSPS) is 14.5. The third-order valence-electron chi connectivity index (χ3n) is 5.21. The van der Waals surface area contributed by atoms with E-state index in [1.807, 2.05) is 13.0 Å². The van der Waals surface area contributed by atoms with Crippen molar-refractivity contribution in [1.29, 1.82) is 0 Å². The van der Waals surface area contributed by atoms with Crippen LogP contribution >= 0.6 is 12.2 Å². The number of anilines is 1. The summed E-state index contributed by atoms with van der Waals surface area (Å²) >= 11 is 5.22. The third-order valence-corrected chi connectivity index (χ3v) is 5.50. The van der Waals surface area contributed by atoms with Gasteiger partial charge in [0.2, 0.25) is 0 Å². The van der Waals surface area contributed by atoms with Crippen LogP contribution in [0.1, 0.15) is 18.1 Å². The number of nitro groups is 1. The lowest BCUT2D eigenvalue weighted by Gasteiger charge is -2.28. The van der Waals surface area contributed by atoms with E-state index in [0.29, 0.717) is 34.9 Å². The Morgan fingerprint density at radius 2 is 1.78 bits per heavy atom. The number of nitro benzene ring substituents is 1. The summed E-state index contributed by atoms with van der Waals surface area (Å²) in [6.45, 7) is 2.25. The Hall–Kier alpha value is -4.57. The van der Waals surface area contributed by atoms with Crippen molar-refractivity contribution in [3.05, 3.63) is 99.6 Å². The highest BCUT2D eigenvalue weighted by molar-refractivity contribution is 7.80. The van der Waals surface area contributed by atoms with Crippen LogP contribution in [0.25, 0.3) is 6.08 Å². The van der Waals surface area contributed by atoms with E-state index in [1.165, 1.54) is 23.1 Å². The first-order valence-corrected chi connectivity index (χ1v) is 11.4. The predicted molar refractivity (Wildman–Crippen MR) is 138 cm³/mol. The molecule has 0 radical (unpaired) electrons. The molecular weight excluding hydrogens is 482 g/mol. The maximum Gasteiger partial charge on any atom is 0.270 e. The predicted octanol–water partition coefficient (Wildman–Crippen LogP) is 4.40. The second kappa shape index (κ2) is 10.8. The average molecular weight is 504 g/mol. The van der Waals surface area contributed by atoms with Crippen molar-refractivity contribution < 1.29 is 24.0 Å². The van der Waals surface area contributed by atoms with Crippen LogP contribution in [0, 0.1) is 10.1 Å². The lowest BCUT2D eigenvalue weighted by molar-refractivity contribution is -0.384. The maximum absolute atomic E-state index is 13.2. The third kappa shape index (κ3) is 5.39. The van der Waals surface area contributed by atoms with Crippen LogP contribution in [0.4, 0.5) is 11.4 Å². The second-order valence-electron chi connectivity index (χ2n) is 7.65. The number of nitrogens with one attached hydrogen (secondary N) is 1. The van der Waals surface area contributed by atoms with E-state index in [9.17, 15) is 19.7 Å². The number of amides is 2. The maximum atomic E-state index is 13.2. The standard InChI is InChI=1S/C26H21N3O6S/c1-2-34-23-15-17(11-12-22(23)35-16-18-7-6-10-20(13-18)29(32)33)14-21-24(30)27-26(36)28(25(21)31)19-8-4-3-5-9-19/h3-15H,2,16H2,1H3,(H,27,30,36)/b21-14-. The zero-order chi connectivity index (χ0) is 25.7. The Morgan fingerprint density at radius 1 is 1.00 bits per heavy atom. The van der Waals surface area contributed by atoms with Gasteiger partial charge in [-0.05, 0) is 60.6 Å². The fourth-order valence-corrected chi connectivity index (χ4v) is 3.84. The van der Waals surface area contributed by atoms with Gasteiger partial charge in [-0.3, -0.25) is 29.9 Å². The molecule has 1 aliphatic rings. The number of non-ortho nitro benzene ring substituents is 1. The van der Waals surface area contributed by atoms with Gasteiger partial charge in [0.05, 0.1) is 17.2 Å². The molecule has 0 aliphatic carbocycles. The molecular formula is C26H21N3O6S. The molecule has 1 aliphatic heterocycles. The lowest BCUT2D eigenvalue weighted by atomic mass is 10.1. The first-order chi connectivity index (χ1) is 17.4. The van der Waals surface area contributed by atoms with Gasteiger partial charge >= 0.3 is 0 Å². The molecule has 0 unspecified atom stereocenters. The van der Waals surface area contributed by atoms with Gasteiger partial charge in [0, 0.05) is 12.1 Å². The summed E-state index contributed by atoms with van der Waals surface area (Å²) in [6.07, 6.45) is 1.46. The number of ether oxygens (including phenoxy) is 2. The Balaban J connectivity index is 1.59. The van der Waals surface area contributed by atoms with Gasteiger partial charge in [0.25, 0.3) is 17.5 Å². The highest BCUT2D eigenvalue weighted by atomic mass is 32.1. The molecule has 0 spiro atoms. The van der Waals surface area contributed by atoms with Crippen LogP contribution in [0.5, 0.6) is 11.5 Å². The highest BCUT2D eigenvalue weighted by Crippen LogP contribution is 2.31. The Bertz CT molecular complexity index is 1370. The summed E-state index contributed by atoms with van der Waals surface area (Å²) in [5.74, 6) is -0.326. The molecule has 36 heavy (non-hydrogen) atoms. The van der Waals surface area contributed by atoms with Crippen LogP contribution in [-0.4, -0.2) is 28.5 Å². The van der Waals surface area contributed by atoms with E-state index in [1.54, 1.807) is 54.6 Å². The molecule has 182 valence electrons. The number of benzene rings is 3. The number of carbonyl (C=O) groups is 2. The molecule has 9 nitrogen and oxygen atoms in total. The number of rotatable bonds is 8. The number of hydrogen-bond donors (Lipinski definition) is 1. The zero-order valence-corrected chi connectivity index (χ0v) is 20.0. The first-order valence-electron chi connectivity index (χ1n) is 11.0. The SMILES string of the molecule is CCOc1cc(/C=C2/C(=O)NC(=S)N(c3ccccc3)C2=O)ccc1OCc1cccc([N+](=O)[O-])c1. The molecule has 0 saturated carbocycles. The van der Waals surface area contributed by atoms with Crippen molar-refractivity contribution in [2.24, 2.45) is 0 Å². The highest BCUT2D eigenvalue weighted by Gasteiger charge is 2.34. The molecule has 0 aromatic heterocycles. The molecule has 1 heterocycles. The minimum atomic E-state index is -0.596. The number of para-hydroxylation sites is 1. The number of nitrogens with zero attached hydrogens (tertiary/aromatic N) is 2. The smallest absolute Gasteiger partial charge is 0.270 e. The largest absolute Gasteiger partial charge is 0.490 e. The minimum Gasteiger partial charge on any atom is -0.490 e. The van der Waals surface area contributed by atoms with Crippen LogP contribution < -0.4 is 19.7 Å². The minimum absolute atomic E-state index is 0.00764. The van der Waals surface area contributed by atoms with Gasteiger partial charge in [-0.25, -0.2) is 0 Å². The van der Waals surface area contributed by atoms with Crippen molar-refractivity contribution in [3.8, 4) is 11.5 Å². The van der Waals surface area contributed by atoms with E-state index in [2.05, 4.69) is 5.32 Å². The first kappa shape index (κ1) is 24.6. The molecule has 0 atom stereocenters. The molecule has 10 heteroatoms. The molecule has 3 aromatic carbocycles. The van der Waals surface area contributed by atoms with Crippen molar-refractivity contribution >= 4 is 46.6 Å². The molecule has 3 aromatic rings. The van der Waals surface area contributed by atoms with Gasteiger partial charge in [-0.15, -0.1) is 0 Å². The van der Waals surface area contributed by atoms with Crippen LogP contribution in [0.3, 0.4) is 0 Å². The number of thiocarbonyl (C=S) groups is 1. The monoisotopic (exact) mass is 503 g/mol. The molecule has 1 fully saturated rings. The van der Waals surface area contributed by atoms with E-state index in [4.69, 9.17) is 21.7 Å². The van der Waals surface area contributed by atoms with Gasteiger partial charge in [-0.2, -0.15) is 0 Å². The topological polar surface area (TPSA) is 111 Å². The molecule has 1 saturated heterocycles. The fourth-order valence-electron chi connectivity index (χ4n) is 3.56. The molecule has 0 bridgehead atoms. The average Bonchev–Trinajstić information content (AvgIpc) is 2.87. The second-order valence-corrected chi connectivity index (χ2v) is 8.03. The van der Waals surface area contributed by atoms with Gasteiger partial charge in [0.15, 0.2) is 16.6 Å². The van der Waals surface area contributed by atoms with E-state index < -0.39 is 16.7 Å². The van der Waals surface area contributed by atoms with E-state index >= 15 is 0 Å².